The lowest BCUT2D eigenvalue weighted by Gasteiger charge is -2.33. The van der Waals surface area contributed by atoms with Crippen LogP contribution >= 0.6 is 0 Å². The number of ether oxygens (including phenoxy) is 1. The molecule has 0 aromatic rings. The summed E-state index contributed by atoms with van der Waals surface area (Å²) < 4.78 is 5.26. The number of amides is 2. The minimum absolute atomic E-state index is 0.0505. The van der Waals surface area contributed by atoms with E-state index < -0.39 is 5.97 Å². The number of urea groups is 1. The van der Waals surface area contributed by atoms with E-state index in [0.717, 1.165) is 19.6 Å². The van der Waals surface area contributed by atoms with E-state index in [9.17, 15) is 9.59 Å². The highest BCUT2D eigenvalue weighted by atomic mass is 16.5. The molecule has 0 bridgehead atoms. The molecule has 2 heterocycles. The van der Waals surface area contributed by atoms with Gasteiger partial charge in [-0.05, 0) is 6.42 Å². The largest absolute Gasteiger partial charge is 0.480 e. The van der Waals surface area contributed by atoms with Gasteiger partial charge in [0.25, 0.3) is 0 Å². The van der Waals surface area contributed by atoms with Crippen molar-refractivity contribution >= 4 is 12.0 Å². The maximum absolute atomic E-state index is 11.9. The predicted octanol–water partition coefficient (Wildman–Crippen LogP) is -0.565. The smallest absolute Gasteiger partial charge is 0.317 e. The number of hydrogen-bond donors (Lipinski definition) is 2. The quantitative estimate of drug-likeness (QED) is 0.716. The Kier molecular flexibility index (Phi) is 4.98. The second-order valence-electron chi connectivity index (χ2n) is 5.07. The fourth-order valence-electron chi connectivity index (χ4n) is 2.39. The normalized spacial score (nSPS) is 24.4. The third kappa shape index (κ3) is 4.36. The molecule has 108 valence electrons. The molecule has 2 fully saturated rings. The Hall–Kier alpha value is -1.34. The molecule has 19 heavy (non-hydrogen) atoms. The van der Waals surface area contributed by atoms with Gasteiger partial charge in [-0.15, -0.1) is 0 Å². The van der Waals surface area contributed by atoms with Crippen LogP contribution in [0.5, 0.6) is 0 Å². The number of carboxylic acid groups (broad SMARTS) is 1. The first-order chi connectivity index (χ1) is 9.15. The van der Waals surface area contributed by atoms with Gasteiger partial charge in [-0.1, -0.05) is 0 Å². The van der Waals surface area contributed by atoms with Crippen LogP contribution in [0.3, 0.4) is 0 Å². The summed E-state index contributed by atoms with van der Waals surface area (Å²) in [5.41, 5.74) is 0. The van der Waals surface area contributed by atoms with Crippen LogP contribution in [0.15, 0.2) is 0 Å². The Morgan fingerprint density at radius 1 is 1.26 bits per heavy atom. The second kappa shape index (κ2) is 6.72. The zero-order chi connectivity index (χ0) is 13.7. The number of nitrogens with one attached hydrogen (secondary N) is 1. The van der Waals surface area contributed by atoms with Crippen molar-refractivity contribution in [3.63, 3.8) is 0 Å². The molecule has 1 atom stereocenters. The van der Waals surface area contributed by atoms with E-state index in [1.54, 1.807) is 4.90 Å². The minimum Gasteiger partial charge on any atom is -0.480 e. The summed E-state index contributed by atoms with van der Waals surface area (Å²) in [6.07, 6.45) is 1.01. The highest BCUT2D eigenvalue weighted by molar-refractivity contribution is 5.74. The molecule has 0 aromatic heterocycles. The maximum Gasteiger partial charge on any atom is 0.317 e. The van der Waals surface area contributed by atoms with Crippen LogP contribution in [0.4, 0.5) is 4.79 Å². The van der Waals surface area contributed by atoms with Crippen molar-refractivity contribution in [2.75, 3.05) is 52.5 Å². The summed E-state index contributed by atoms with van der Waals surface area (Å²) in [5, 5.41) is 11.6. The molecular weight excluding hydrogens is 250 g/mol. The molecule has 0 spiro atoms. The first kappa shape index (κ1) is 14.1. The molecule has 2 amide bonds. The van der Waals surface area contributed by atoms with Crippen LogP contribution in [-0.4, -0.2) is 79.4 Å². The van der Waals surface area contributed by atoms with Crippen LogP contribution in [0.2, 0.25) is 0 Å². The molecule has 0 saturated carbocycles. The summed E-state index contributed by atoms with van der Waals surface area (Å²) >= 11 is 0. The SMILES string of the molecule is O=C(O)CN1CCN(C(=O)NCC2CCOC2)CC1. The molecule has 0 aliphatic carbocycles. The standard InChI is InChI=1S/C12H21N3O4/c16-11(17)8-14-2-4-15(5-3-14)12(18)13-7-10-1-6-19-9-10/h10H,1-9H2,(H,13,18)(H,16,17). The third-order valence-electron chi connectivity index (χ3n) is 3.58. The van der Waals surface area contributed by atoms with Crippen molar-refractivity contribution in [2.24, 2.45) is 5.92 Å². The van der Waals surface area contributed by atoms with Crippen LogP contribution in [0.1, 0.15) is 6.42 Å². The summed E-state index contributed by atoms with van der Waals surface area (Å²) in [6, 6.07) is -0.0538. The number of aliphatic carboxylic acids is 1. The maximum atomic E-state index is 11.9. The van der Waals surface area contributed by atoms with Crippen LogP contribution in [0, 0.1) is 5.92 Å². The summed E-state index contributed by atoms with van der Waals surface area (Å²) in [6.45, 7) is 4.63. The van der Waals surface area contributed by atoms with E-state index >= 15 is 0 Å². The van der Waals surface area contributed by atoms with E-state index in [1.807, 2.05) is 4.90 Å². The lowest BCUT2D eigenvalue weighted by molar-refractivity contribution is -0.138. The molecule has 2 aliphatic rings. The van der Waals surface area contributed by atoms with Gasteiger partial charge in [0, 0.05) is 45.2 Å². The first-order valence-electron chi connectivity index (χ1n) is 6.70. The third-order valence-corrected chi connectivity index (χ3v) is 3.58. The van der Waals surface area contributed by atoms with Gasteiger partial charge in [-0.2, -0.15) is 0 Å². The van der Waals surface area contributed by atoms with Crippen LogP contribution in [0.25, 0.3) is 0 Å². The molecular formula is C12H21N3O4. The molecule has 0 aromatic carbocycles. The number of carbonyl (C=O) groups is 2. The van der Waals surface area contributed by atoms with E-state index in [1.165, 1.54) is 0 Å². The molecule has 7 nitrogen and oxygen atoms in total. The van der Waals surface area contributed by atoms with Gasteiger partial charge >= 0.3 is 12.0 Å². The lowest BCUT2D eigenvalue weighted by Crippen LogP contribution is -2.53. The lowest BCUT2D eigenvalue weighted by atomic mass is 10.1. The number of carboxylic acids is 1. The van der Waals surface area contributed by atoms with E-state index in [4.69, 9.17) is 9.84 Å². The molecule has 1 unspecified atom stereocenters. The zero-order valence-corrected chi connectivity index (χ0v) is 11.0. The van der Waals surface area contributed by atoms with E-state index in [0.29, 0.717) is 38.6 Å². The van der Waals surface area contributed by atoms with Crippen molar-refractivity contribution in [3.8, 4) is 0 Å². The molecule has 7 heteroatoms. The summed E-state index contributed by atoms with van der Waals surface area (Å²) in [7, 11) is 0. The average Bonchev–Trinajstić information content (AvgIpc) is 2.89. The van der Waals surface area contributed by atoms with Crippen molar-refractivity contribution in [2.45, 2.75) is 6.42 Å². The second-order valence-corrected chi connectivity index (χ2v) is 5.07. The Morgan fingerprint density at radius 2 is 2.00 bits per heavy atom. The monoisotopic (exact) mass is 271 g/mol. The van der Waals surface area contributed by atoms with Gasteiger partial charge in [-0.25, -0.2) is 4.79 Å². The van der Waals surface area contributed by atoms with Gasteiger partial charge in [0.1, 0.15) is 0 Å². The highest BCUT2D eigenvalue weighted by Gasteiger charge is 2.23. The Morgan fingerprint density at radius 3 is 2.58 bits per heavy atom. The number of hydrogen-bond acceptors (Lipinski definition) is 4. The number of piperazine rings is 1. The van der Waals surface area contributed by atoms with Crippen molar-refractivity contribution in [1.29, 1.82) is 0 Å². The molecule has 0 radical (unpaired) electrons. The number of nitrogens with zero attached hydrogens (tertiary/aromatic N) is 2. The molecule has 2 rings (SSSR count). The fraction of sp³-hybridized carbons (Fsp3) is 0.833. The number of rotatable bonds is 4. The topological polar surface area (TPSA) is 82.1 Å². The molecule has 2 N–H and O–H groups in total. The van der Waals surface area contributed by atoms with Crippen LogP contribution in [-0.2, 0) is 9.53 Å². The number of carbonyl (C=O) groups excluding carboxylic acids is 1. The van der Waals surface area contributed by atoms with E-state index in [-0.39, 0.29) is 12.6 Å². The predicted molar refractivity (Wildman–Crippen MR) is 68.0 cm³/mol. The van der Waals surface area contributed by atoms with Gasteiger partial charge in [0.2, 0.25) is 0 Å². The van der Waals surface area contributed by atoms with Crippen molar-refractivity contribution < 1.29 is 19.4 Å². The zero-order valence-electron chi connectivity index (χ0n) is 11.0. The van der Waals surface area contributed by atoms with Gasteiger partial charge in [-0.3, -0.25) is 9.69 Å². The summed E-state index contributed by atoms with van der Waals surface area (Å²) in [4.78, 5) is 26.1. The van der Waals surface area contributed by atoms with E-state index in [2.05, 4.69) is 5.32 Å². The highest BCUT2D eigenvalue weighted by Crippen LogP contribution is 2.11. The Labute approximate surface area is 112 Å². The van der Waals surface area contributed by atoms with Gasteiger partial charge < -0.3 is 20.1 Å². The molecule has 2 saturated heterocycles. The molecule has 2 aliphatic heterocycles. The van der Waals surface area contributed by atoms with Gasteiger partial charge in [0.15, 0.2) is 0 Å². The van der Waals surface area contributed by atoms with Crippen molar-refractivity contribution in [3.05, 3.63) is 0 Å². The Balaban J connectivity index is 1.65. The average molecular weight is 271 g/mol. The fourth-order valence-corrected chi connectivity index (χ4v) is 2.39. The van der Waals surface area contributed by atoms with Crippen LogP contribution < -0.4 is 5.32 Å². The first-order valence-corrected chi connectivity index (χ1v) is 6.70. The summed E-state index contributed by atoms with van der Waals surface area (Å²) in [5.74, 6) is -0.392. The van der Waals surface area contributed by atoms with Gasteiger partial charge in [0.05, 0.1) is 13.2 Å². The Bertz CT molecular complexity index is 323. The minimum atomic E-state index is -0.820. The van der Waals surface area contributed by atoms with Crippen molar-refractivity contribution in [1.82, 2.24) is 15.1 Å².